The zero-order valence-corrected chi connectivity index (χ0v) is 8.60. The molecule has 0 heterocycles. The number of nitrogens with two attached hydrogens (primary N) is 1. The third-order valence-corrected chi connectivity index (χ3v) is 1.98. The van der Waals surface area contributed by atoms with Crippen molar-refractivity contribution in [3.05, 3.63) is 33.9 Å². The first-order chi connectivity index (χ1) is 7.16. The van der Waals surface area contributed by atoms with Crippen LogP contribution < -0.4 is 10.5 Å². The second kappa shape index (κ2) is 5.31. The number of benzene rings is 1. The highest BCUT2D eigenvalue weighted by Crippen LogP contribution is 2.30. The molecule has 0 amide bonds. The van der Waals surface area contributed by atoms with Crippen molar-refractivity contribution >= 4 is 5.69 Å². The first-order valence-electron chi connectivity index (χ1n) is 4.73. The fourth-order valence-corrected chi connectivity index (χ4v) is 1.23. The molecular weight excluding hydrogens is 196 g/mol. The Morgan fingerprint density at radius 3 is 2.87 bits per heavy atom. The fraction of sp³-hybridized carbons (Fsp3) is 0.400. The van der Waals surface area contributed by atoms with Crippen LogP contribution in [0.3, 0.4) is 0 Å². The van der Waals surface area contributed by atoms with Crippen LogP contribution in [0.25, 0.3) is 0 Å². The van der Waals surface area contributed by atoms with Crippen LogP contribution in [0.1, 0.15) is 12.0 Å². The predicted molar refractivity (Wildman–Crippen MR) is 57.0 cm³/mol. The molecule has 1 rings (SSSR count). The van der Waals surface area contributed by atoms with Crippen LogP contribution >= 0.6 is 0 Å². The van der Waals surface area contributed by atoms with Gasteiger partial charge in [-0.25, -0.2) is 0 Å². The molecule has 15 heavy (non-hydrogen) atoms. The Labute approximate surface area is 88.0 Å². The predicted octanol–water partition coefficient (Wildman–Crippen LogP) is 1.63. The van der Waals surface area contributed by atoms with Crippen molar-refractivity contribution in [3.63, 3.8) is 0 Å². The van der Waals surface area contributed by atoms with Gasteiger partial charge in [0, 0.05) is 6.07 Å². The SMILES string of the molecule is Cc1cccc([N+](=O)[O-])c1OCCCN. The van der Waals surface area contributed by atoms with Crippen LogP contribution in [0.4, 0.5) is 5.69 Å². The summed E-state index contributed by atoms with van der Waals surface area (Å²) < 4.78 is 5.35. The van der Waals surface area contributed by atoms with Crippen LogP contribution in [0, 0.1) is 17.0 Å². The van der Waals surface area contributed by atoms with E-state index in [1.54, 1.807) is 19.1 Å². The van der Waals surface area contributed by atoms with Gasteiger partial charge in [-0.3, -0.25) is 10.1 Å². The third-order valence-electron chi connectivity index (χ3n) is 1.98. The van der Waals surface area contributed by atoms with Gasteiger partial charge in [-0.2, -0.15) is 0 Å². The Morgan fingerprint density at radius 2 is 2.27 bits per heavy atom. The van der Waals surface area contributed by atoms with Crippen molar-refractivity contribution < 1.29 is 9.66 Å². The van der Waals surface area contributed by atoms with Crippen molar-refractivity contribution in [2.45, 2.75) is 13.3 Å². The maximum atomic E-state index is 10.7. The lowest BCUT2D eigenvalue weighted by molar-refractivity contribution is -0.385. The number of rotatable bonds is 5. The van der Waals surface area contributed by atoms with Gasteiger partial charge in [0.2, 0.25) is 0 Å². The Bertz CT molecular complexity index is 353. The van der Waals surface area contributed by atoms with E-state index in [1.807, 2.05) is 0 Å². The smallest absolute Gasteiger partial charge is 0.311 e. The summed E-state index contributed by atoms with van der Waals surface area (Å²) in [5.74, 6) is 0.343. The highest BCUT2D eigenvalue weighted by atomic mass is 16.6. The molecule has 0 bridgehead atoms. The lowest BCUT2D eigenvalue weighted by atomic mass is 10.2. The zero-order valence-electron chi connectivity index (χ0n) is 8.60. The summed E-state index contributed by atoms with van der Waals surface area (Å²) in [7, 11) is 0. The van der Waals surface area contributed by atoms with Crippen LogP contribution in [-0.2, 0) is 0 Å². The molecule has 1 aromatic rings. The Hall–Kier alpha value is -1.62. The highest BCUT2D eigenvalue weighted by molar-refractivity contribution is 5.51. The summed E-state index contributed by atoms with van der Waals surface area (Å²) in [6.45, 7) is 2.70. The number of hydrogen-bond donors (Lipinski definition) is 1. The van der Waals surface area contributed by atoms with E-state index in [4.69, 9.17) is 10.5 Å². The lowest BCUT2D eigenvalue weighted by Crippen LogP contribution is -2.07. The Morgan fingerprint density at radius 1 is 1.53 bits per heavy atom. The minimum atomic E-state index is -0.440. The van der Waals surface area contributed by atoms with Gasteiger partial charge in [0.25, 0.3) is 0 Å². The molecule has 0 aliphatic carbocycles. The normalized spacial score (nSPS) is 10.0. The topological polar surface area (TPSA) is 78.4 Å². The van der Waals surface area contributed by atoms with Crippen LogP contribution in [0.15, 0.2) is 18.2 Å². The molecule has 2 N–H and O–H groups in total. The zero-order chi connectivity index (χ0) is 11.3. The maximum Gasteiger partial charge on any atom is 0.311 e. The summed E-state index contributed by atoms with van der Waals surface area (Å²) in [5, 5.41) is 10.7. The van der Waals surface area contributed by atoms with Crippen molar-refractivity contribution in [1.82, 2.24) is 0 Å². The molecule has 0 radical (unpaired) electrons. The van der Waals surface area contributed by atoms with Gasteiger partial charge in [-0.05, 0) is 25.5 Å². The Kier molecular flexibility index (Phi) is 4.05. The minimum Gasteiger partial charge on any atom is -0.487 e. The van der Waals surface area contributed by atoms with Crippen molar-refractivity contribution in [1.29, 1.82) is 0 Å². The number of ether oxygens (including phenoxy) is 1. The number of nitrogens with zero attached hydrogens (tertiary/aromatic N) is 1. The molecule has 0 aromatic heterocycles. The molecule has 0 unspecified atom stereocenters. The molecule has 0 atom stereocenters. The van der Waals surface area contributed by atoms with E-state index in [0.717, 1.165) is 5.56 Å². The van der Waals surface area contributed by atoms with E-state index in [1.165, 1.54) is 6.07 Å². The van der Waals surface area contributed by atoms with E-state index in [9.17, 15) is 10.1 Å². The van der Waals surface area contributed by atoms with E-state index in [0.29, 0.717) is 25.3 Å². The molecule has 0 aliphatic heterocycles. The van der Waals surface area contributed by atoms with Crippen LogP contribution in [0.5, 0.6) is 5.75 Å². The molecule has 5 nitrogen and oxygen atoms in total. The van der Waals surface area contributed by atoms with Gasteiger partial charge >= 0.3 is 5.69 Å². The second-order valence-corrected chi connectivity index (χ2v) is 3.17. The van der Waals surface area contributed by atoms with Crippen LogP contribution in [-0.4, -0.2) is 18.1 Å². The van der Waals surface area contributed by atoms with Gasteiger partial charge in [0.1, 0.15) is 0 Å². The van der Waals surface area contributed by atoms with Crippen molar-refractivity contribution in [2.75, 3.05) is 13.2 Å². The standard InChI is InChI=1S/C10H14N2O3/c1-8-4-2-5-9(12(13)14)10(8)15-7-3-6-11/h2,4-5H,3,6-7,11H2,1H3. The number of aryl methyl sites for hydroxylation is 1. The van der Waals surface area contributed by atoms with Crippen molar-refractivity contribution in [3.8, 4) is 5.75 Å². The minimum absolute atomic E-state index is 0.00650. The molecule has 1 aromatic carbocycles. The number of nitro benzene ring substituents is 1. The molecule has 0 spiro atoms. The number of nitro groups is 1. The molecule has 0 saturated carbocycles. The summed E-state index contributed by atoms with van der Waals surface area (Å²) >= 11 is 0. The van der Waals surface area contributed by atoms with Gasteiger partial charge < -0.3 is 10.5 Å². The summed E-state index contributed by atoms with van der Waals surface area (Å²) in [5.41, 5.74) is 6.09. The van der Waals surface area contributed by atoms with Gasteiger partial charge in [-0.15, -0.1) is 0 Å². The summed E-state index contributed by atoms with van der Waals surface area (Å²) in [6, 6.07) is 4.86. The molecule has 82 valence electrons. The fourth-order valence-electron chi connectivity index (χ4n) is 1.23. The average Bonchev–Trinajstić information content (AvgIpc) is 2.20. The molecule has 0 saturated heterocycles. The van der Waals surface area contributed by atoms with E-state index in [2.05, 4.69) is 0 Å². The largest absolute Gasteiger partial charge is 0.487 e. The third kappa shape index (κ3) is 2.92. The maximum absolute atomic E-state index is 10.7. The molecule has 5 heteroatoms. The average molecular weight is 210 g/mol. The molecule has 0 aliphatic rings. The first-order valence-corrected chi connectivity index (χ1v) is 4.73. The van der Waals surface area contributed by atoms with Gasteiger partial charge in [-0.1, -0.05) is 12.1 Å². The second-order valence-electron chi connectivity index (χ2n) is 3.17. The number of para-hydroxylation sites is 1. The van der Waals surface area contributed by atoms with Crippen molar-refractivity contribution in [2.24, 2.45) is 5.73 Å². The van der Waals surface area contributed by atoms with Gasteiger partial charge in [0.15, 0.2) is 5.75 Å². The van der Waals surface area contributed by atoms with E-state index < -0.39 is 4.92 Å². The molecule has 0 fully saturated rings. The lowest BCUT2D eigenvalue weighted by Gasteiger charge is -2.08. The van der Waals surface area contributed by atoms with Gasteiger partial charge in [0.05, 0.1) is 11.5 Å². The highest BCUT2D eigenvalue weighted by Gasteiger charge is 2.16. The van der Waals surface area contributed by atoms with E-state index in [-0.39, 0.29) is 5.69 Å². The van der Waals surface area contributed by atoms with Crippen LogP contribution in [0.2, 0.25) is 0 Å². The summed E-state index contributed by atoms with van der Waals surface area (Å²) in [6.07, 6.45) is 0.686. The first kappa shape index (κ1) is 11.5. The quantitative estimate of drug-likeness (QED) is 0.455. The number of hydrogen-bond acceptors (Lipinski definition) is 4. The summed E-state index contributed by atoms with van der Waals surface area (Å²) in [4.78, 5) is 10.3. The van der Waals surface area contributed by atoms with E-state index >= 15 is 0 Å². The molecular formula is C10H14N2O3. The Balaban J connectivity index is 2.87. The monoisotopic (exact) mass is 210 g/mol.